The lowest BCUT2D eigenvalue weighted by molar-refractivity contribution is -0.140. The van der Waals surface area contributed by atoms with Crippen molar-refractivity contribution in [2.75, 3.05) is 7.05 Å². The molecule has 0 unspecified atom stereocenters. The van der Waals surface area contributed by atoms with E-state index in [9.17, 15) is 9.59 Å². The largest absolute Gasteiger partial charge is 0.357 e. The van der Waals surface area contributed by atoms with Gasteiger partial charge in [-0.3, -0.25) is 9.59 Å². The van der Waals surface area contributed by atoms with E-state index in [1.54, 1.807) is 38.2 Å². The summed E-state index contributed by atoms with van der Waals surface area (Å²) in [4.78, 5) is 26.6. The van der Waals surface area contributed by atoms with Gasteiger partial charge in [0.1, 0.15) is 6.04 Å². The Morgan fingerprint density at radius 3 is 2.37 bits per heavy atom. The first-order valence-electron chi connectivity index (χ1n) is 8.52. The van der Waals surface area contributed by atoms with Crippen LogP contribution in [0.5, 0.6) is 0 Å². The van der Waals surface area contributed by atoms with Gasteiger partial charge in [-0.1, -0.05) is 59.1 Å². The van der Waals surface area contributed by atoms with E-state index in [1.165, 1.54) is 4.90 Å². The van der Waals surface area contributed by atoms with Gasteiger partial charge in [0.15, 0.2) is 0 Å². The molecule has 4 nitrogen and oxygen atoms in total. The Labute approximate surface area is 174 Å². The first kappa shape index (κ1) is 21.5. The number of likely N-dealkylation sites (N-methyl/N-ethyl adjacent to an activating group) is 1. The zero-order valence-corrected chi connectivity index (χ0v) is 17.4. The summed E-state index contributed by atoms with van der Waals surface area (Å²) in [6.07, 6.45) is 0.722. The molecule has 0 saturated heterocycles. The second-order valence-electron chi connectivity index (χ2n) is 6.14. The Balaban J connectivity index is 2.19. The molecular formula is C20H21Cl3N2O2. The maximum Gasteiger partial charge on any atom is 0.242 e. The Kier molecular flexibility index (Phi) is 7.96. The predicted octanol–water partition coefficient (Wildman–Crippen LogP) is 4.74. The number of aryl methyl sites for hydroxylation is 1. The van der Waals surface area contributed by atoms with Gasteiger partial charge in [0, 0.05) is 35.1 Å². The van der Waals surface area contributed by atoms with Crippen LogP contribution in [0, 0.1) is 0 Å². The van der Waals surface area contributed by atoms with Crippen LogP contribution < -0.4 is 5.32 Å². The molecule has 1 N–H and O–H groups in total. The topological polar surface area (TPSA) is 49.4 Å². The van der Waals surface area contributed by atoms with Crippen molar-refractivity contribution in [1.82, 2.24) is 10.2 Å². The molecule has 27 heavy (non-hydrogen) atoms. The maximum absolute atomic E-state index is 12.9. The molecule has 2 aromatic carbocycles. The van der Waals surface area contributed by atoms with Gasteiger partial charge in [-0.25, -0.2) is 0 Å². The fraction of sp³-hybridized carbons (Fsp3) is 0.300. The maximum atomic E-state index is 12.9. The Morgan fingerprint density at radius 1 is 1.04 bits per heavy atom. The smallest absolute Gasteiger partial charge is 0.242 e. The number of nitrogens with one attached hydrogen (secondary N) is 1. The van der Waals surface area contributed by atoms with Crippen molar-refractivity contribution in [3.05, 3.63) is 68.7 Å². The number of halogens is 3. The van der Waals surface area contributed by atoms with E-state index < -0.39 is 6.04 Å². The molecular weight excluding hydrogens is 407 g/mol. The molecule has 2 amide bonds. The molecule has 0 radical (unpaired) electrons. The summed E-state index contributed by atoms with van der Waals surface area (Å²) in [5.41, 5.74) is 1.62. The summed E-state index contributed by atoms with van der Waals surface area (Å²) < 4.78 is 0. The van der Waals surface area contributed by atoms with Crippen LogP contribution in [0.15, 0.2) is 42.5 Å². The molecule has 0 fully saturated rings. The lowest BCUT2D eigenvalue weighted by Crippen LogP contribution is -2.46. The normalized spacial score (nSPS) is 11.7. The van der Waals surface area contributed by atoms with Gasteiger partial charge in [-0.2, -0.15) is 0 Å². The molecule has 2 aromatic rings. The van der Waals surface area contributed by atoms with Gasteiger partial charge >= 0.3 is 0 Å². The van der Waals surface area contributed by atoms with Gasteiger partial charge in [-0.05, 0) is 42.7 Å². The van der Waals surface area contributed by atoms with E-state index in [0.717, 1.165) is 11.1 Å². The van der Waals surface area contributed by atoms with Crippen LogP contribution in [0.3, 0.4) is 0 Å². The van der Waals surface area contributed by atoms with Crippen LogP contribution in [0.4, 0.5) is 0 Å². The minimum Gasteiger partial charge on any atom is -0.357 e. The third kappa shape index (κ3) is 5.86. The lowest BCUT2D eigenvalue weighted by Gasteiger charge is -2.29. The quantitative estimate of drug-likeness (QED) is 0.693. The SMILES string of the molecule is CNC(=O)[C@@H](C)N(Cc1ccc(Cl)cc1Cl)C(=O)CCc1ccccc1Cl. The van der Waals surface area contributed by atoms with Crippen molar-refractivity contribution in [3.8, 4) is 0 Å². The zero-order chi connectivity index (χ0) is 20.0. The fourth-order valence-corrected chi connectivity index (χ4v) is 3.41. The number of hydrogen-bond acceptors (Lipinski definition) is 2. The van der Waals surface area contributed by atoms with Gasteiger partial charge in [0.2, 0.25) is 11.8 Å². The van der Waals surface area contributed by atoms with Gasteiger partial charge < -0.3 is 10.2 Å². The van der Waals surface area contributed by atoms with Crippen molar-refractivity contribution in [1.29, 1.82) is 0 Å². The molecule has 0 aliphatic rings. The molecule has 0 aliphatic carbocycles. The molecule has 0 heterocycles. The van der Waals surface area contributed by atoms with Crippen LogP contribution in [0.1, 0.15) is 24.5 Å². The molecule has 2 rings (SSSR count). The van der Waals surface area contributed by atoms with E-state index in [-0.39, 0.29) is 24.8 Å². The fourth-order valence-electron chi connectivity index (χ4n) is 2.71. The zero-order valence-electron chi connectivity index (χ0n) is 15.1. The summed E-state index contributed by atoms with van der Waals surface area (Å²) >= 11 is 18.4. The highest BCUT2D eigenvalue weighted by Gasteiger charge is 2.26. The molecule has 1 atom stereocenters. The highest BCUT2D eigenvalue weighted by atomic mass is 35.5. The van der Waals surface area contributed by atoms with Gasteiger partial charge in [0.25, 0.3) is 0 Å². The molecule has 0 bridgehead atoms. The minimum atomic E-state index is -0.638. The van der Waals surface area contributed by atoms with Crippen LogP contribution in [-0.2, 0) is 22.6 Å². The molecule has 0 spiro atoms. The van der Waals surface area contributed by atoms with Crippen LogP contribution in [0.25, 0.3) is 0 Å². The van der Waals surface area contributed by atoms with Crippen molar-refractivity contribution in [2.24, 2.45) is 0 Å². The van der Waals surface area contributed by atoms with Crippen molar-refractivity contribution in [2.45, 2.75) is 32.4 Å². The Hall–Kier alpha value is -1.75. The molecule has 144 valence electrons. The van der Waals surface area contributed by atoms with Crippen LogP contribution >= 0.6 is 34.8 Å². The number of benzene rings is 2. The Bertz CT molecular complexity index is 827. The number of amides is 2. The van der Waals surface area contributed by atoms with Gasteiger partial charge in [0.05, 0.1) is 0 Å². The summed E-state index contributed by atoms with van der Waals surface area (Å²) in [6, 6.07) is 11.9. The first-order chi connectivity index (χ1) is 12.8. The molecule has 7 heteroatoms. The van der Waals surface area contributed by atoms with Crippen molar-refractivity contribution < 1.29 is 9.59 Å². The van der Waals surface area contributed by atoms with Crippen LogP contribution in [0.2, 0.25) is 15.1 Å². The average Bonchev–Trinajstić information content (AvgIpc) is 2.65. The highest BCUT2D eigenvalue weighted by Crippen LogP contribution is 2.24. The average molecular weight is 428 g/mol. The molecule has 0 aromatic heterocycles. The molecule has 0 saturated carbocycles. The minimum absolute atomic E-state index is 0.156. The standard InChI is InChI=1S/C20H21Cl3N2O2/c1-13(20(27)24-2)25(12-15-7-9-16(21)11-18(15)23)19(26)10-8-14-5-3-4-6-17(14)22/h3-7,9,11,13H,8,10,12H2,1-2H3,(H,24,27)/t13-/m1/s1. The number of carbonyl (C=O) groups excluding carboxylic acids is 2. The summed E-state index contributed by atoms with van der Waals surface area (Å²) in [6.45, 7) is 1.90. The van der Waals surface area contributed by atoms with E-state index >= 15 is 0 Å². The van der Waals surface area contributed by atoms with Crippen LogP contribution in [-0.4, -0.2) is 29.8 Å². The third-order valence-corrected chi connectivity index (χ3v) is 5.29. The van der Waals surface area contributed by atoms with Gasteiger partial charge in [-0.15, -0.1) is 0 Å². The van der Waals surface area contributed by atoms with E-state index in [4.69, 9.17) is 34.8 Å². The number of carbonyl (C=O) groups is 2. The monoisotopic (exact) mass is 426 g/mol. The third-order valence-electron chi connectivity index (χ3n) is 4.34. The second-order valence-corrected chi connectivity index (χ2v) is 7.39. The number of rotatable bonds is 7. The highest BCUT2D eigenvalue weighted by molar-refractivity contribution is 6.35. The van der Waals surface area contributed by atoms with E-state index in [2.05, 4.69) is 5.32 Å². The molecule has 0 aliphatic heterocycles. The predicted molar refractivity (Wildman–Crippen MR) is 110 cm³/mol. The second kappa shape index (κ2) is 9.98. The first-order valence-corrected chi connectivity index (χ1v) is 9.65. The lowest BCUT2D eigenvalue weighted by atomic mass is 10.1. The number of hydrogen-bond donors (Lipinski definition) is 1. The van der Waals surface area contributed by atoms with E-state index in [1.807, 2.05) is 18.2 Å². The Morgan fingerprint density at radius 2 is 1.74 bits per heavy atom. The summed E-state index contributed by atoms with van der Waals surface area (Å²) in [7, 11) is 1.54. The summed E-state index contributed by atoms with van der Waals surface area (Å²) in [5, 5.41) is 4.17. The summed E-state index contributed by atoms with van der Waals surface area (Å²) in [5.74, 6) is -0.400. The van der Waals surface area contributed by atoms with Crippen molar-refractivity contribution in [3.63, 3.8) is 0 Å². The number of nitrogens with zero attached hydrogens (tertiary/aromatic N) is 1. The van der Waals surface area contributed by atoms with Crippen molar-refractivity contribution >= 4 is 46.6 Å². The van der Waals surface area contributed by atoms with E-state index in [0.29, 0.717) is 21.5 Å².